The van der Waals surface area contributed by atoms with Gasteiger partial charge in [0.25, 0.3) is 6.47 Å². The van der Waals surface area contributed by atoms with E-state index in [1.54, 1.807) is 0 Å². The van der Waals surface area contributed by atoms with Gasteiger partial charge in [0.05, 0.1) is 19.8 Å². The van der Waals surface area contributed by atoms with Gasteiger partial charge < -0.3 is 14.6 Å². The summed E-state index contributed by atoms with van der Waals surface area (Å²) < 4.78 is 9.44. The van der Waals surface area contributed by atoms with Crippen LogP contribution in [0.5, 0.6) is 0 Å². The second-order valence-electron chi connectivity index (χ2n) is 2.60. The minimum atomic E-state index is -1.01. The first kappa shape index (κ1) is 9.44. The minimum absolute atomic E-state index is 0.255. The van der Waals surface area contributed by atoms with E-state index in [1.165, 1.54) is 0 Å². The SMILES string of the molecule is O=COC(O)CN1CCOCC1. The maximum absolute atomic E-state index is 9.83. The van der Waals surface area contributed by atoms with Crippen LogP contribution >= 0.6 is 0 Å². The van der Waals surface area contributed by atoms with Crippen molar-refractivity contribution in [3.63, 3.8) is 0 Å². The monoisotopic (exact) mass is 175 g/mol. The lowest BCUT2D eigenvalue weighted by atomic mass is 10.4. The van der Waals surface area contributed by atoms with E-state index >= 15 is 0 Å². The Kier molecular flexibility index (Phi) is 3.99. The van der Waals surface area contributed by atoms with Crippen LogP contribution in [0.3, 0.4) is 0 Å². The standard InChI is InChI=1S/C7H13NO4/c9-6-12-7(10)5-8-1-3-11-4-2-8/h6-7,10H,1-5H2. The van der Waals surface area contributed by atoms with Crippen molar-refractivity contribution >= 4 is 6.47 Å². The normalized spacial score (nSPS) is 21.8. The second-order valence-corrected chi connectivity index (χ2v) is 2.60. The molecule has 0 bridgehead atoms. The van der Waals surface area contributed by atoms with Crippen LogP contribution in [-0.4, -0.2) is 55.6 Å². The van der Waals surface area contributed by atoms with Crippen LogP contribution in [-0.2, 0) is 14.3 Å². The zero-order valence-electron chi connectivity index (χ0n) is 6.81. The molecular formula is C7H13NO4. The van der Waals surface area contributed by atoms with Crippen molar-refractivity contribution in [1.29, 1.82) is 0 Å². The fraction of sp³-hybridized carbons (Fsp3) is 0.857. The summed E-state index contributed by atoms with van der Waals surface area (Å²) in [5.74, 6) is 0. The highest BCUT2D eigenvalue weighted by Gasteiger charge is 2.14. The van der Waals surface area contributed by atoms with Gasteiger partial charge in [0, 0.05) is 13.1 Å². The summed E-state index contributed by atoms with van der Waals surface area (Å²) in [6.45, 7) is 3.52. The van der Waals surface area contributed by atoms with Crippen LogP contribution in [0.15, 0.2) is 0 Å². The molecular weight excluding hydrogens is 162 g/mol. The maximum Gasteiger partial charge on any atom is 0.295 e. The Morgan fingerprint density at radius 2 is 2.25 bits per heavy atom. The molecule has 12 heavy (non-hydrogen) atoms. The largest absolute Gasteiger partial charge is 0.437 e. The van der Waals surface area contributed by atoms with Crippen molar-refractivity contribution in [1.82, 2.24) is 4.90 Å². The molecule has 5 heteroatoms. The van der Waals surface area contributed by atoms with Gasteiger partial charge in [-0.05, 0) is 0 Å². The number of rotatable bonds is 4. The number of aliphatic hydroxyl groups is 1. The summed E-state index contributed by atoms with van der Waals surface area (Å²) in [6, 6.07) is 0. The summed E-state index contributed by atoms with van der Waals surface area (Å²) in [7, 11) is 0. The molecule has 1 N–H and O–H groups in total. The van der Waals surface area contributed by atoms with E-state index in [4.69, 9.17) is 9.84 Å². The van der Waals surface area contributed by atoms with E-state index in [0.717, 1.165) is 13.1 Å². The Morgan fingerprint density at radius 1 is 1.58 bits per heavy atom. The number of β-amino-alcohol motifs (C(OH)–C–C–N with tert-alkyl or cyclic N) is 1. The molecule has 1 fully saturated rings. The van der Waals surface area contributed by atoms with Crippen LogP contribution in [0.25, 0.3) is 0 Å². The molecule has 0 saturated carbocycles. The first-order chi connectivity index (χ1) is 5.83. The number of carbonyl (C=O) groups is 1. The number of hydrogen-bond donors (Lipinski definition) is 1. The molecule has 1 aliphatic rings. The fourth-order valence-electron chi connectivity index (χ4n) is 1.11. The highest BCUT2D eigenvalue weighted by molar-refractivity contribution is 5.37. The average Bonchev–Trinajstić information content (AvgIpc) is 2.06. The third-order valence-corrected chi connectivity index (χ3v) is 1.73. The van der Waals surface area contributed by atoms with Gasteiger partial charge in [0.1, 0.15) is 0 Å². The van der Waals surface area contributed by atoms with Crippen LogP contribution in [0.1, 0.15) is 0 Å². The van der Waals surface area contributed by atoms with E-state index in [9.17, 15) is 4.79 Å². The highest BCUT2D eigenvalue weighted by atomic mass is 16.6. The van der Waals surface area contributed by atoms with E-state index in [0.29, 0.717) is 19.8 Å². The first-order valence-electron chi connectivity index (χ1n) is 3.90. The minimum Gasteiger partial charge on any atom is -0.437 e. The lowest BCUT2D eigenvalue weighted by molar-refractivity contribution is -0.156. The Balaban J connectivity index is 2.15. The zero-order chi connectivity index (χ0) is 8.81. The van der Waals surface area contributed by atoms with Gasteiger partial charge in [-0.25, -0.2) is 0 Å². The molecule has 0 radical (unpaired) electrons. The summed E-state index contributed by atoms with van der Waals surface area (Å²) in [5, 5.41) is 9.07. The topological polar surface area (TPSA) is 59.0 Å². The van der Waals surface area contributed by atoms with Crippen molar-refractivity contribution in [2.45, 2.75) is 6.29 Å². The molecule has 70 valence electrons. The van der Waals surface area contributed by atoms with E-state index < -0.39 is 6.29 Å². The van der Waals surface area contributed by atoms with Gasteiger partial charge in [-0.15, -0.1) is 0 Å². The van der Waals surface area contributed by atoms with Crippen molar-refractivity contribution in [2.75, 3.05) is 32.8 Å². The smallest absolute Gasteiger partial charge is 0.295 e. The lowest BCUT2D eigenvalue weighted by Crippen LogP contribution is -2.41. The molecule has 0 spiro atoms. The van der Waals surface area contributed by atoms with Gasteiger partial charge in [0.15, 0.2) is 0 Å². The molecule has 0 amide bonds. The molecule has 1 aliphatic heterocycles. The van der Waals surface area contributed by atoms with E-state index in [-0.39, 0.29) is 6.47 Å². The predicted molar refractivity (Wildman–Crippen MR) is 40.4 cm³/mol. The molecule has 5 nitrogen and oxygen atoms in total. The Morgan fingerprint density at radius 3 is 2.83 bits per heavy atom. The van der Waals surface area contributed by atoms with Crippen LogP contribution in [0, 0.1) is 0 Å². The predicted octanol–water partition coefficient (Wildman–Crippen LogP) is -1.19. The fourth-order valence-corrected chi connectivity index (χ4v) is 1.11. The van der Waals surface area contributed by atoms with Crippen molar-refractivity contribution in [3.8, 4) is 0 Å². The molecule has 0 aromatic rings. The molecule has 0 aromatic carbocycles. The van der Waals surface area contributed by atoms with Crippen molar-refractivity contribution < 1.29 is 19.4 Å². The van der Waals surface area contributed by atoms with Crippen LogP contribution in [0.4, 0.5) is 0 Å². The summed E-state index contributed by atoms with van der Waals surface area (Å²) in [4.78, 5) is 11.8. The zero-order valence-corrected chi connectivity index (χ0v) is 6.81. The summed E-state index contributed by atoms with van der Waals surface area (Å²) >= 11 is 0. The maximum atomic E-state index is 9.83. The van der Waals surface area contributed by atoms with Gasteiger partial charge in [-0.2, -0.15) is 0 Å². The number of ether oxygens (including phenoxy) is 2. The van der Waals surface area contributed by atoms with E-state index in [1.807, 2.05) is 4.90 Å². The Labute approximate surface area is 70.9 Å². The van der Waals surface area contributed by atoms with Crippen LogP contribution in [0.2, 0.25) is 0 Å². The Hall–Kier alpha value is -0.650. The quantitative estimate of drug-likeness (QED) is 0.430. The Bertz CT molecular complexity index is 135. The number of morpholine rings is 1. The van der Waals surface area contributed by atoms with Crippen molar-refractivity contribution in [2.24, 2.45) is 0 Å². The molecule has 1 atom stereocenters. The molecule has 0 aliphatic carbocycles. The third-order valence-electron chi connectivity index (χ3n) is 1.73. The molecule has 1 unspecified atom stereocenters. The number of carbonyl (C=O) groups excluding carboxylic acids is 1. The van der Waals surface area contributed by atoms with Gasteiger partial charge in [0.2, 0.25) is 6.29 Å². The average molecular weight is 175 g/mol. The molecule has 1 saturated heterocycles. The van der Waals surface area contributed by atoms with Gasteiger partial charge >= 0.3 is 0 Å². The van der Waals surface area contributed by atoms with Crippen LogP contribution < -0.4 is 0 Å². The summed E-state index contributed by atoms with van der Waals surface area (Å²) in [6.07, 6.45) is -1.01. The molecule has 1 rings (SSSR count). The lowest BCUT2D eigenvalue weighted by Gasteiger charge is -2.27. The molecule has 0 aromatic heterocycles. The van der Waals surface area contributed by atoms with E-state index in [2.05, 4.69) is 4.74 Å². The third kappa shape index (κ3) is 3.17. The second kappa shape index (κ2) is 5.08. The molecule has 1 heterocycles. The van der Waals surface area contributed by atoms with Gasteiger partial charge in [-0.1, -0.05) is 0 Å². The summed E-state index contributed by atoms with van der Waals surface area (Å²) in [5.41, 5.74) is 0. The first-order valence-corrected chi connectivity index (χ1v) is 3.90. The number of nitrogens with zero attached hydrogens (tertiary/aromatic N) is 1. The number of aliphatic hydroxyl groups excluding tert-OH is 1. The van der Waals surface area contributed by atoms with Crippen molar-refractivity contribution in [3.05, 3.63) is 0 Å². The number of hydrogen-bond acceptors (Lipinski definition) is 5. The van der Waals surface area contributed by atoms with Gasteiger partial charge in [-0.3, -0.25) is 9.69 Å². The highest BCUT2D eigenvalue weighted by Crippen LogP contribution is 1.98.